The fourth-order valence-corrected chi connectivity index (χ4v) is 6.98. The molecule has 1 amide bonds. The van der Waals surface area contributed by atoms with Crippen LogP contribution in [0.25, 0.3) is 11.3 Å². The minimum atomic E-state index is -0.546. The number of hydrogen-bond acceptors (Lipinski definition) is 9. The van der Waals surface area contributed by atoms with Gasteiger partial charge in [0.1, 0.15) is 11.7 Å². The topological polar surface area (TPSA) is 95.0 Å². The quantitative estimate of drug-likeness (QED) is 0.155. The minimum Gasteiger partial charge on any atom is -0.493 e. The van der Waals surface area contributed by atoms with E-state index >= 15 is 0 Å². The lowest BCUT2D eigenvalue weighted by Crippen LogP contribution is -2.43. The minimum absolute atomic E-state index is 0.0600. The molecule has 48 heavy (non-hydrogen) atoms. The van der Waals surface area contributed by atoms with Crippen LogP contribution in [0.1, 0.15) is 46.3 Å². The van der Waals surface area contributed by atoms with E-state index < -0.39 is 6.04 Å². The fraction of sp³-hybridized carbons (Fsp3) is 0.289. The second-order valence-corrected chi connectivity index (χ2v) is 12.3. The number of rotatable bonds is 12. The smallest absolute Gasteiger partial charge is 0.242 e. The van der Waals surface area contributed by atoms with E-state index in [-0.39, 0.29) is 11.9 Å². The van der Waals surface area contributed by atoms with Crippen molar-refractivity contribution in [2.45, 2.75) is 37.9 Å². The van der Waals surface area contributed by atoms with Crippen molar-refractivity contribution in [3.63, 3.8) is 0 Å². The maximum atomic E-state index is 14.4. The zero-order valence-electron chi connectivity index (χ0n) is 27.6. The molecule has 248 valence electrons. The van der Waals surface area contributed by atoms with Gasteiger partial charge in [0.05, 0.1) is 28.4 Å². The highest BCUT2D eigenvalue weighted by molar-refractivity contribution is 7.03. The molecule has 2 heterocycles. The highest BCUT2D eigenvalue weighted by atomic mass is 32.1. The predicted octanol–water partition coefficient (Wildman–Crippen LogP) is 6.83. The standard InChI is InChI=1S/C38H40N4O5S/c1-44-33-17-14-26(20-34(33)45-2)19-32-30-22-36(47-4)35(46-3)21-29(30)11-8-18-42(32)37(28-9-6-5-7-10-28)38(43)39-23-25-12-15-27(16-13-25)31-24-48-41-40-31/h5-7,9-10,12-17,20-22,24,32,37H,8,11,18-19,23H2,1-4H3,(H,39,43). The largest absolute Gasteiger partial charge is 0.493 e. The summed E-state index contributed by atoms with van der Waals surface area (Å²) in [7, 11) is 6.60. The molecule has 2 unspecified atom stereocenters. The van der Waals surface area contributed by atoms with Crippen LogP contribution in [0.2, 0.25) is 0 Å². The molecule has 10 heteroatoms. The van der Waals surface area contributed by atoms with Crippen molar-refractivity contribution < 1.29 is 23.7 Å². The summed E-state index contributed by atoms with van der Waals surface area (Å²) in [4.78, 5) is 16.8. The molecule has 0 bridgehead atoms. The fourth-order valence-electron chi connectivity index (χ4n) is 6.52. The van der Waals surface area contributed by atoms with Crippen LogP contribution in [0.5, 0.6) is 23.0 Å². The first-order valence-electron chi connectivity index (χ1n) is 15.9. The van der Waals surface area contributed by atoms with E-state index in [1.54, 1.807) is 28.4 Å². The van der Waals surface area contributed by atoms with E-state index in [4.69, 9.17) is 18.9 Å². The number of nitrogens with one attached hydrogen (secondary N) is 1. The van der Waals surface area contributed by atoms with Gasteiger partial charge in [0.25, 0.3) is 0 Å². The third-order valence-electron chi connectivity index (χ3n) is 8.92. The van der Waals surface area contributed by atoms with E-state index in [0.717, 1.165) is 46.4 Å². The molecular formula is C38H40N4O5S. The lowest BCUT2D eigenvalue weighted by Gasteiger charge is -2.37. The molecule has 0 aliphatic carbocycles. The number of amides is 1. The molecule has 0 saturated heterocycles. The van der Waals surface area contributed by atoms with Gasteiger partial charge in [-0.15, -0.1) is 5.10 Å². The molecule has 2 atom stereocenters. The van der Waals surface area contributed by atoms with Gasteiger partial charge in [-0.25, -0.2) is 0 Å². The average Bonchev–Trinajstić information content (AvgIpc) is 3.62. The number of aromatic nitrogens is 2. The Bertz CT molecular complexity index is 1820. The molecule has 5 aromatic rings. The summed E-state index contributed by atoms with van der Waals surface area (Å²) in [5, 5.41) is 9.35. The van der Waals surface area contributed by atoms with E-state index in [1.807, 2.05) is 72.1 Å². The summed E-state index contributed by atoms with van der Waals surface area (Å²) in [5.74, 6) is 2.63. The third-order valence-corrected chi connectivity index (χ3v) is 9.42. The zero-order valence-corrected chi connectivity index (χ0v) is 28.5. The molecule has 1 aliphatic heterocycles. The van der Waals surface area contributed by atoms with Crippen molar-refractivity contribution in [2.75, 3.05) is 35.0 Å². The van der Waals surface area contributed by atoms with Crippen LogP contribution in [0.4, 0.5) is 0 Å². The van der Waals surface area contributed by atoms with Gasteiger partial charge in [0.2, 0.25) is 5.91 Å². The van der Waals surface area contributed by atoms with Crippen molar-refractivity contribution in [3.05, 3.63) is 118 Å². The van der Waals surface area contributed by atoms with Gasteiger partial charge in [-0.1, -0.05) is 65.2 Å². The van der Waals surface area contributed by atoms with Crippen LogP contribution in [-0.2, 0) is 24.2 Å². The Labute approximate surface area is 285 Å². The van der Waals surface area contributed by atoms with Crippen LogP contribution >= 0.6 is 11.5 Å². The second kappa shape index (κ2) is 15.3. The molecule has 0 radical (unpaired) electrons. The summed E-state index contributed by atoms with van der Waals surface area (Å²) in [6.45, 7) is 1.11. The Balaban J connectivity index is 1.38. The van der Waals surface area contributed by atoms with Gasteiger partial charge in [0.15, 0.2) is 23.0 Å². The number of carbonyl (C=O) groups excluding carboxylic acids is 1. The van der Waals surface area contributed by atoms with Crippen LogP contribution in [0.3, 0.4) is 0 Å². The SMILES string of the molecule is COc1ccc(CC2c3cc(OC)c(OC)cc3CCCN2C(C(=O)NCc2ccc(-c3csnn3)cc2)c2ccccc2)cc1OC. The number of aryl methyl sites for hydroxylation is 1. The molecule has 1 aliphatic rings. The number of ether oxygens (including phenoxy) is 4. The average molecular weight is 665 g/mol. The van der Waals surface area contributed by atoms with Gasteiger partial charge in [-0.3, -0.25) is 9.69 Å². The first kappa shape index (κ1) is 33.0. The van der Waals surface area contributed by atoms with Crippen LogP contribution in [0.15, 0.2) is 90.3 Å². The van der Waals surface area contributed by atoms with Gasteiger partial charge < -0.3 is 24.3 Å². The van der Waals surface area contributed by atoms with Crippen molar-refractivity contribution in [2.24, 2.45) is 0 Å². The summed E-state index contributed by atoms with van der Waals surface area (Å²) in [6.07, 6.45) is 2.35. The Kier molecular flexibility index (Phi) is 10.5. The van der Waals surface area contributed by atoms with Gasteiger partial charge in [-0.05, 0) is 82.9 Å². The van der Waals surface area contributed by atoms with Gasteiger partial charge in [-0.2, -0.15) is 0 Å². The van der Waals surface area contributed by atoms with E-state index in [9.17, 15) is 4.79 Å². The Morgan fingerprint density at radius 3 is 2.23 bits per heavy atom. The second-order valence-electron chi connectivity index (χ2n) is 11.7. The highest BCUT2D eigenvalue weighted by Gasteiger charge is 2.36. The summed E-state index contributed by atoms with van der Waals surface area (Å²) in [5.41, 5.74) is 7.13. The normalized spacial score (nSPS) is 15.1. The summed E-state index contributed by atoms with van der Waals surface area (Å²) < 4.78 is 26.6. The maximum absolute atomic E-state index is 14.4. The Morgan fingerprint density at radius 2 is 1.54 bits per heavy atom. The predicted molar refractivity (Wildman–Crippen MR) is 187 cm³/mol. The Morgan fingerprint density at radius 1 is 0.854 bits per heavy atom. The number of benzene rings is 4. The van der Waals surface area contributed by atoms with Gasteiger partial charge in [0, 0.05) is 30.1 Å². The molecule has 6 rings (SSSR count). The lowest BCUT2D eigenvalue weighted by molar-refractivity contribution is -0.128. The molecular weight excluding hydrogens is 625 g/mol. The molecule has 0 saturated carbocycles. The molecule has 4 aromatic carbocycles. The van der Waals surface area contributed by atoms with E-state index in [1.165, 1.54) is 17.1 Å². The number of carbonyl (C=O) groups is 1. The van der Waals surface area contributed by atoms with Gasteiger partial charge >= 0.3 is 0 Å². The van der Waals surface area contributed by atoms with Crippen LogP contribution < -0.4 is 24.3 Å². The van der Waals surface area contributed by atoms with Crippen molar-refractivity contribution >= 4 is 17.4 Å². The van der Waals surface area contributed by atoms with E-state index in [2.05, 4.69) is 38.0 Å². The number of hydrogen-bond donors (Lipinski definition) is 1. The van der Waals surface area contributed by atoms with Crippen LogP contribution in [0, 0.1) is 0 Å². The Hall–Kier alpha value is -4.93. The summed E-state index contributed by atoms with van der Waals surface area (Å²) in [6, 6.07) is 27.6. The number of fused-ring (bicyclic) bond motifs is 1. The molecule has 0 fully saturated rings. The number of nitrogens with zero attached hydrogens (tertiary/aromatic N) is 3. The third kappa shape index (κ3) is 7.14. The van der Waals surface area contributed by atoms with Crippen molar-refractivity contribution in [3.8, 4) is 34.3 Å². The zero-order chi connectivity index (χ0) is 33.5. The first-order valence-corrected chi connectivity index (χ1v) is 16.8. The van der Waals surface area contributed by atoms with E-state index in [0.29, 0.717) is 42.5 Å². The number of methoxy groups -OCH3 is 4. The first-order chi connectivity index (χ1) is 23.5. The van der Waals surface area contributed by atoms with Crippen molar-refractivity contribution in [1.29, 1.82) is 0 Å². The molecule has 1 N–H and O–H groups in total. The summed E-state index contributed by atoms with van der Waals surface area (Å²) >= 11 is 1.32. The lowest BCUT2D eigenvalue weighted by atomic mass is 9.91. The maximum Gasteiger partial charge on any atom is 0.242 e. The van der Waals surface area contributed by atoms with Crippen LogP contribution in [-0.4, -0.2) is 55.4 Å². The highest BCUT2D eigenvalue weighted by Crippen LogP contribution is 2.43. The van der Waals surface area contributed by atoms with Crippen molar-refractivity contribution in [1.82, 2.24) is 19.8 Å². The molecule has 9 nitrogen and oxygen atoms in total. The molecule has 0 spiro atoms. The monoisotopic (exact) mass is 664 g/mol. The molecule has 1 aromatic heterocycles.